The SMILES string of the molecule is Cc1cc2cc(CCNC(C)C)ccc2nc1Cl. The average Bonchev–Trinajstić information content (AvgIpc) is 2.30. The van der Waals surface area contributed by atoms with E-state index in [4.69, 9.17) is 11.6 Å². The molecule has 0 spiro atoms. The third kappa shape index (κ3) is 3.21. The lowest BCUT2D eigenvalue weighted by Crippen LogP contribution is -2.24. The number of pyridine rings is 1. The average molecular weight is 263 g/mol. The van der Waals surface area contributed by atoms with Gasteiger partial charge in [-0.25, -0.2) is 4.98 Å². The van der Waals surface area contributed by atoms with Gasteiger partial charge in [-0.2, -0.15) is 0 Å². The molecule has 0 saturated carbocycles. The van der Waals surface area contributed by atoms with Crippen molar-refractivity contribution in [2.75, 3.05) is 6.54 Å². The van der Waals surface area contributed by atoms with Crippen molar-refractivity contribution in [3.63, 3.8) is 0 Å². The molecule has 1 aromatic heterocycles. The van der Waals surface area contributed by atoms with Crippen LogP contribution in [-0.4, -0.2) is 17.6 Å². The van der Waals surface area contributed by atoms with Crippen molar-refractivity contribution in [1.82, 2.24) is 10.3 Å². The molecule has 1 aromatic carbocycles. The van der Waals surface area contributed by atoms with E-state index in [0.29, 0.717) is 11.2 Å². The van der Waals surface area contributed by atoms with Crippen molar-refractivity contribution in [3.05, 3.63) is 40.5 Å². The number of hydrogen-bond donors (Lipinski definition) is 1. The van der Waals surface area contributed by atoms with Crippen LogP contribution in [0.15, 0.2) is 24.3 Å². The molecule has 0 radical (unpaired) electrons. The number of benzene rings is 1. The van der Waals surface area contributed by atoms with E-state index in [1.807, 2.05) is 13.0 Å². The van der Waals surface area contributed by atoms with Crippen LogP contribution in [0.25, 0.3) is 10.9 Å². The molecule has 1 N–H and O–H groups in total. The fourth-order valence-electron chi connectivity index (χ4n) is 1.97. The van der Waals surface area contributed by atoms with Gasteiger partial charge in [0.05, 0.1) is 5.52 Å². The number of hydrogen-bond acceptors (Lipinski definition) is 2. The Kier molecular flexibility index (Phi) is 4.20. The van der Waals surface area contributed by atoms with Crippen LogP contribution in [0.3, 0.4) is 0 Å². The molecule has 0 fully saturated rings. The second-order valence-corrected chi connectivity index (χ2v) is 5.34. The first-order valence-electron chi connectivity index (χ1n) is 6.35. The summed E-state index contributed by atoms with van der Waals surface area (Å²) < 4.78 is 0. The van der Waals surface area contributed by atoms with Crippen LogP contribution in [0, 0.1) is 6.92 Å². The maximum atomic E-state index is 6.02. The highest BCUT2D eigenvalue weighted by atomic mass is 35.5. The predicted octanol–water partition coefficient (Wildman–Crippen LogP) is 3.74. The van der Waals surface area contributed by atoms with E-state index >= 15 is 0 Å². The van der Waals surface area contributed by atoms with Gasteiger partial charge in [0.15, 0.2) is 0 Å². The highest BCUT2D eigenvalue weighted by Gasteiger charge is 2.02. The Hall–Kier alpha value is -1.12. The van der Waals surface area contributed by atoms with Crippen LogP contribution in [0.2, 0.25) is 5.15 Å². The number of rotatable bonds is 4. The highest BCUT2D eigenvalue weighted by molar-refractivity contribution is 6.30. The first-order valence-corrected chi connectivity index (χ1v) is 6.73. The van der Waals surface area contributed by atoms with Gasteiger partial charge in [-0.3, -0.25) is 0 Å². The van der Waals surface area contributed by atoms with Gasteiger partial charge in [0.2, 0.25) is 0 Å². The quantitative estimate of drug-likeness (QED) is 0.849. The molecule has 0 amide bonds. The molecule has 2 rings (SSSR count). The van der Waals surface area contributed by atoms with Crippen molar-refractivity contribution >= 4 is 22.5 Å². The number of aromatic nitrogens is 1. The first-order chi connectivity index (χ1) is 8.56. The van der Waals surface area contributed by atoms with E-state index in [1.165, 1.54) is 10.9 Å². The molecule has 0 saturated heterocycles. The van der Waals surface area contributed by atoms with Crippen LogP contribution in [0.4, 0.5) is 0 Å². The zero-order valence-corrected chi connectivity index (χ0v) is 11.9. The Morgan fingerprint density at radius 2 is 2.06 bits per heavy atom. The Morgan fingerprint density at radius 3 is 2.78 bits per heavy atom. The number of fused-ring (bicyclic) bond motifs is 1. The molecule has 1 heterocycles. The van der Waals surface area contributed by atoms with Crippen molar-refractivity contribution in [1.29, 1.82) is 0 Å². The van der Waals surface area contributed by atoms with Crippen LogP contribution in [0.1, 0.15) is 25.0 Å². The van der Waals surface area contributed by atoms with E-state index in [1.54, 1.807) is 0 Å². The molecule has 0 bridgehead atoms. The molecule has 18 heavy (non-hydrogen) atoms. The summed E-state index contributed by atoms with van der Waals surface area (Å²) in [6.07, 6.45) is 1.04. The third-order valence-corrected chi connectivity index (χ3v) is 3.36. The zero-order chi connectivity index (χ0) is 13.1. The zero-order valence-electron chi connectivity index (χ0n) is 11.1. The summed E-state index contributed by atoms with van der Waals surface area (Å²) in [5, 5.41) is 5.19. The Balaban J connectivity index is 2.19. The molecule has 0 aliphatic carbocycles. The van der Waals surface area contributed by atoms with Gasteiger partial charge in [0.1, 0.15) is 5.15 Å². The van der Waals surface area contributed by atoms with Crippen molar-refractivity contribution in [3.8, 4) is 0 Å². The minimum Gasteiger partial charge on any atom is -0.314 e. The topological polar surface area (TPSA) is 24.9 Å². The summed E-state index contributed by atoms with van der Waals surface area (Å²) in [6.45, 7) is 7.32. The second-order valence-electron chi connectivity index (χ2n) is 4.98. The monoisotopic (exact) mass is 262 g/mol. The van der Waals surface area contributed by atoms with Gasteiger partial charge in [-0.1, -0.05) is 31.5 Å². The summed E-state index contributed by atoms with van der Waals surface area (Å²) in [5.41, 5.74) is 3.33. The lowest BCUT2D eigenvalue weighted by Gasteiger charge is -2.09. The Labute approximate surface area is 113 Å². The molecule has 0 unspecified atom stereocenters. The molecule has 2 aromatic rings. The van der Waals surface area contributed by atoms with Crippen molar-refractivity contribution in [2.24, 2.45) is 0 Å². The summed E-state index contributed by atoms with van der Waals surface area (Å²) in [6, 6.07) is 9.01. The largest absolute Gasteiger partial charge is 0.314 e. The number of aryl methyl sites for hydroxylation is 1. The molecular formula is C15H19ClN2. The summed E-state index contributed by atoms with van der Waals surface area (Å²) in [4.78, 5) is 4.37. The third-order valence-electron chi connectivity index (χ3n) is 2.97. The van der Waals surface area contributed by atoms with Crippen LogP contribution in [-0.2, 0) is 6.42 Å². The molecule has 0 atom stereocenters. The Morgan fingerprint density at radius 1 is 1.28 bits per heavy atom. The molecule has 3 heteroatoms. The van der Waals surface area contributed by atoms with E-state index in [9.17, 15) is 0 Å². The van der Waals surface area contributed by atoms with Gasteiger partial charge in [0.25, 0.3) is 0 Å². The minimum atomic E-state index is 0.535. The smallest absolute Gasteiger partial charge is 0.132 e. The fourth-order valence-corrected chi connectivity index (χ4v) is 2.11. The van der Waals surface area contributed by atoms with Crippen LogP contribution in [0.5, 0.6) is 0 Å². The second kappa shape index (κ2) is 5.68. The van der Waals surface area contributed by atoms with Crippen LogP contribution < -0.4 is 5.32 Å². The maximum absolute atomic E-state index is 6.02. The maximum Gasteiger partial charge on any atom is 0.132 e. The number of halogens is 1. The fraction of sp³-hybridized carbons (Fsp3) is 0.400. The standard InChI is InChI=1S/C15H19ClN2/c1-10(2)17-7-6-12-4-5-14-13(9-12)8-11(3)15(16)18-14/h4-5,8-10,17H,6-7H2,1-3H3. The Bertz CT molecular complexity index is 549. The lowest BCUT2D eigenvalue weighted by atomic mass is 10.1. The van der Waals surface area contributed by atoms with Gasteiger partial charge < -0.3 is 5.32 Å². The molecule has 0 aliphatic heterocycles. The van der Waals surface area contributed by atoms with E-state index in [-0.39, 0.29) is 0 Å². The van der Waals surface area contributed by atoms with E-state index < -0.39 is 0 Å². The van der Waals surface area contributed by atoms with Crippen LogP contribution >= 0.6 is 11.6 Å². The summed E-state index contributed by atoms with van der Waals surface area (Å²) in [7, 11) is 0. The van der Waals surface area contributed by atoms with Gasteiger partial charge >= 0.3 is 0 Å². The lowest BCUT2D eigenvalue weighted by molar-refractivity contribution is 0.590. The van der Waals surface area contributed by atoms with Crippen molar-refractivity contribution < 1.29 is 0 Å². The van der Waals surface area contributed by atoms with Gasteiger partial charge in [-0.05, 0) is 49.2 Å². The number of nitrogens with one attached hydrogen (secondary N) is 1. The van der Waals surface area contributed by atoms with Crippen molar-refractivity contribution in [2.45, 2.75) is 33.2 Å². The molecule has 0 aliphatic rings. The normalized spacial score (nSPS) is 11.4. The van der Waals surface area contributed by atoms with Gasteiger partial charge in [-0.15, -0.1) is 0 Å². The van der Waals surface area contributed by atoms with E-state index in [0.717, 1.165) is 24.0 Å². The summed E-state index contributed by atoms with van der Waals surface area (Å²) in [5.74, 6) is 0. The minimum absolute atomic E-state index is 0.535. The summed E-state index contributed by atoms with van der Waals surface area (Å²) >= 11 is 6.02. The first kappa shape index (κ1) is 13.3. The highest BCUT2D eigenvalue weighted by Crippen LogP contribution is 2.21. The molecule has 2 nitrogen and oxygen atoms in total. The predicted molar refractivity (Wildman–Crippen MR) is 78.3 cm³/mol. The number of nitrogens with zero attached hydrogens (tertiary/aromatic N) is 1. The molecular weight excluding hydrogens is 244 g/mol. The molecule has 96 valence electrons. The van der Waals surface area contributed by atoms with E-state index in [2.05, 4.69) is 42.3 Å². The van der Waals surface area contributed by atoms with Gasteiger partial charge in [0, 0.05) is 11.4 Å².